The number of anilines is 1. The fraction of sp³-hybridized carbons (Fsp3) is 0.259. The third kappa shape index (κ3) is 4.38. The van der Waals surface area contributed by atoms with Crippen molar-refractivity contribution in [1.29, 1.82) is 0 Å². The van der Waals surface area contributed by atoms with Crippen LogP contribution in [0.25, 0.3) is 0 Å². The van der Waals surface area contributed by atoms with Gasteiger partial charge in [0.05, 0.1) is 6.42 Å². The molecule has 1 aliphatic heterocycles. The van der Waals surface area contributed by atoms with Crippen LogP contribution in [0.1, 0.15) is 30.9 Å². The molecule has 0 amide bonds. The van der Waals surface area contributed by atoms with E-state index in [9.17, 15) is 9.59 Å². The Kier molecular flexibility index (Phi) is 6.17. The maximum Gasteiger partial charge on any atom is 0.337 e. The molecule has 3 aromatic carbocycles. The number of ketones is 1. The van der Waals surface area contributed by atoms with Crippen LogP contribution in [-0.2, 0) is 26.3 Å². The van der Waals surface area contributed by atoms with Crippen LogP contribution in [0, 0.1) is 0 Å². The summed E-state index contributed by atoms with van der Waals surface area (Å²) in [5.74, 6) is -0.572. The van der Waals surface area contributed by atoms with Gasteiger partial charge in [0.1, 0.15) is 5.60 Å². The second-order valence-corrected chi connectivity index (χ2v) is 7.93. The molecule has 4 rings (SSSR count). The van der Waals surface area contributed by atoms with Crippen LogP contribution in [0.4, 0.5) is 5.69 Å². The smallest absolute Gasteiger partial charge is 0.337 e. The Hall–Kier alpha value is -3.40. The van der Waals surface area contributed by atoms with Crippen molar-refractivity contribution in [3.8, 4) is 0 Å². The minimum Gasteiger partial charge on any atom is -0.452 e. The van der Waals surface area contributed by atoms with Gasteiger partial charge >= 0.3 is 5.97 Å². The zero-order chi connectivity index (χ0) is 21.7. The minimum atomic E-state index is -0.947. The first kappa shape index (κ1) is 20.9. The molecule has 2 unspecified atom stereocenters. The molecule has 0 N–H and O–H groups in total. The highest BCUT2D eigenvalue weighted by molar-refractivity contribution is 6.08. The molecule has 4 nitrogen and oxygen atoms in total. The normalized spacial score (nSPS) is 20.9. The summed E-state index contributed by atoms with van der Waals surface area (Å²) in [4.78, 5) is 28.6. The fourth-order valence-electron chi connectivity index (χ4n) is 4.41. The van der Waals surface area contributed by atoms with Crippen LogP contribution in [0.3, 0.4) is 0 Å². The Morgan fingerprint density at radius 2 is 1.45 bits per heavy atom. The number of esters is 1. The van der Waals surface area contributed by atoms with Crippen molar-refractivity contribution in [2.75, 3.05) is 11.4 Å². The molecule has 0 radical (unpaired) electrons. The summed E-state index contributed by atoms with van der Waals surface area (Å²) >= 11 is 0. The lowest BCUT2D eigenvalue weighted by atomic mass is 9.80. The molecule has 0 aliphatic carbocycles. The number of hydrogen-bond donors (Lipinski definition) is 0. The van der Waals surface area contributed by atoms with Crippen LogP contribution in [0.2, 0.25) is 0 Å². The van der Waals surface area contributed by atoms with Crippen molar-refractivity contribution in [1.82, 2.24) is 0 Å². The average Bonchev–Trinajstić information content (AvgIpc) is 2.82. The highest BCUT2D eigenvalue weighted by Gasteiger charge is 2.49. The highest BCUT2D eigenvalue weighted by Crippen LogP contribution is 2.40. The van der Waals surface area contributed by atoms with Gasteiger partial charge in [-0.05, 0) is 43.0 Å². The molecule has 3 aromatic rings. The SMILES string of the molecule is CCN(c1ccccc1)C1C(=O)CC(CCc2ccccc2)(c2ccccc2)OC1=O. The molecular weight excluding hydrogens is 386 g/mol. The molecule has 31 heavy (non-hydrogen) atoms. The molecule has 1 fully saturated rings. The molecule has 1 saturated heterocycles. The van der Waals surface area contributed by atoms with E-state index in [4.69, 9.17) is 4.74 Å². The van der Waals surface area contributed by atoms with E-state index in [0.29, 0.717) is 13.0 Å². The lowest BCUT2D eigenvalue weighted by Crippen LogP contribution is -2.56. The van der Waals surface area contributed by atoms with Crippen LogP contribution < -0.4 is 4.90 Å². The Morgan fingerprint density at radius 1 is 0.871 bits per heavy atom. The second kappa shape index (κ2) is 9.17. The Labute approximate surface area is 183 Å². The van der Waals surface area contributed by atoms with E-state index in [-0.39, 0.29) is 12.2 Å². The lowest BCUT2D eigenvalue weighted by molar-refractivity contribution is -0.175. The van der Waals surface area contributed by atoms with E-state index in [1.807, 2.05) is 90.7 Å². The van der Waals surface area contributed by atoms with E-state index in [1.165, 1.54) is 0 Å². The number of aryl methyl sites for hydroxylation is 1. The first-order valence-corrected chi connectivity index (χ1v) is 10.8. The van der Waals surface area contributed by atoms with Gasteiger partial charge in [-0.15, -0.1) is 0 Å². The van der Waals surface area contributed by atoms with E-state index in [0.717, 1.165) is 23.2 Å². The quantitative estimate of drug-likeness (QED) is 0.407. The molecule has 0 saturated carbocycles. The molecule has 1 aliphatic rings. The van der Waals surface area contributed by atoms with Gasteiger partial charge < -0.3 is 9.64 Å². The minimum absolute atomic E-state index is 0.0983. The third-order valence-electron chi connectivity index (χ3n) is 5.98. The number of cyclic esters (lactones) is 1. The number of carbonyl (C=O) groups excluding carboxylic acids is 2. The van der Waals surface area contributed by atoms with Crippen molar-refractivity contribution in [2.24, 2.45) is 0 Å². The van der Waals surface area contributed by atoms with Gasteiger partial charge in [0, 0.05) is 12.2 Å². The molecule has 0 aromatic heterocycles. The first-order chi connectivity index (χ1) is 15.1. The summed E-state index contributed by atoms with van der Waals surface area (Å²) in [6, 6.07) is 28.4. The molecule has 0 bridgehead atoms. The number of nitrogens with zero attached hydrogens (tertiary/aromatic N) is 1. The van der Waals surface area contributed by atoms with E-state index >= 15 is 0 Å². The van der Waals surface area contributed by atoms with Crippen molar-refractivity contribution < 1.29 is 14.3 Å². The van der Waals surface area contributed by atoms with Gasteiger partial charge in [-0.3, -0.25) is 4.79 Å². The lowest BCUT2D eigenvalue weighted by Gasteiger charge is -2.42. The number of rotatable bonds is 7. The number of para-hydroxylation sites is 1. The summed E-state index contributed by atoms with van der Waals surface area (Å²) in [5.41, 5.74) is 1.92. The van der Waals surface area contributed by atoms with Gasteiger partial charge in [0.25, 0.3) is 0 Å². The van der Waals surface area contributed by atoms with Gasteiger partial charge in [0.15, 0.2) is 11.8 Å². The molecule has 1 heterocycles. The first-order valence-electron chi connectivity index (χ1n) is 10.8. The number of benzene rings is 3. The Balaban J connectivity index is 1.64. The second-order valence-electron chi connectivity index (χ2n) is 7.93. The molecule has 158 valence electrons. The number of Topliss-reactive ketones (excluding diaryl/α,β-unsaturated/α-hetero) is 1. The maximum absolute atomic E-state index is 13.4. The average molecular weight is 414 g/mol. The molecule has 4 heteroatoms. The van der Waals surface area contributed by atoms with Crippen LogP contribution in [-0.4, -0.2) is 24.3 Å². The largest absolute Gasteiger partial charge is 0.452 e. The standard InChI is InChI=1S/C27H27NO3/c1-2-28(23-16-10-5-11-17-23)25-24(29)20-27(31-26(25)30,22-14-8-4-9-15-22)19-18-21-12-6-3-7-13-21/h3-17,25H,2,18-20H2,1H3. The predicted octanol–water partition coefficient (Wildman–Crippen LogP) is 4.93. The number of hydrogen-bond acceptors (Lipinski definition) is 4. The summed E-state index contributed by atoms with van der Waals surface area (Å²) in [7, 11) is 0. The van der Waals surface area contributed by atoms with E-state index in [1.54, 1.807) is 0 Å². The number of ether oxygens (including phenoxy) is 1. The third-order valence-corrected chi connectivity index (χ3v) is 5.98. The number of likely N-dealkylation sites (N-methyl/N-ethyl adjacent to an activating group) is 1. The van der Waals surface area contributed by atoms with Crippen molar-refractivity contribution in [2.45, 2.75) is 37.8 Å². The molecular formula is C27H27NO3. The molecule has 0 spiro atoms. The van der Waals surface area contributed by atoms with Crippen LogP contribution in [0.5, 0.6) is 0 Å². The van der Waals surface area contributed by atoms with Crippen LogP contribution >= 0.6 is 0 Å². The van der Waals surface area contributed by atoms with Crippen molar-refractivity contribution >= 4 is 17.4 Å². The van der Waals surface area contributed by atoms with Gasteiger partial charge in [0.2, 0.25) is 0 Å². The van der Waals surface area contributed by atoms with Gasteiger partial charge in [-0.1, -0.05) is 78.9 Å². The zero-order valence-electron chi connectivity index (χ0n) is 17.7. The Bertz CT molecular complexity index is 1000. The number of carbonyl (C=O) groups is 2. The summed E-state index contributed by atoms with van der Waals surface area (Å²) in [5, 5.41) is 0. The summed E-state index contributed by atoms with van der Waals surface area (Å²) < 4.78 is 6.17. The Morgan fingerprint density at radius 3 is 2.03 bits per heavy atom. The predicted molar refractivity (Wildman–Crippen MR) is 122 cm³/mol. The highest BCUT2D eigenvalue weighted by atomic mass is 16.6. The maximum atomic E-state index is 13.4. The topological polar surface area (TPSA) is 46.6 Å². The van der Waals surface area contributed by atoms with Crippen molar-refractivity contribution in [3.05, 3.63) is 102 Å². The van der Waals surface area contributed by atoms with E-state index < -0.39 is 17.6 Å². The van der Waals surface area contributed by atoms with E-state index in [2.05, 4.69) is 12.1 Å². The summed E-state index contributed by atoms with van der Waals surface area (Å²) in [6.45, 7) is 2.49. The van der Waals surface area contributed by atoms with Gasteiger partial charge in [-0.2, -0.15) is 0 Å². The molecule has 2 atom stereocenters. The van der Waals surface area contributed by atoms with Gasteiger partial charge in [-0.25, -0.2) is 4.79 Å². The fourth-order valence-corrected chi connectivity index (χ4v) is 4.41. The monoisotopic (exact) mass is 413 g/mol. The van der Waals surface area contributed by atoms with Crippen molar-refractivity contribution in [3.63, 3.8) is 0 Å². The zero-order valence-corrected chi connectivity index (χ0v) is 17.7. The summed E-state index contributed by atoms with van der Waals surface area (Å²) in [6.07, 6.45) is 1.45. The van der Waals surface area contributed by atoms with Crippen LogP contribution in [0.15, 0.2) is 91.0 Å².